The summed E-state index contributed by atoms with van der Waals surface area (Å²) in [7, 11) is 0. The van der Waals surface area contributed by atoms with Gasteiger partial charge in [0, 0.05) is 19.3 Å². The van der Waals surface area contributed by atoms with Gasteiger partial charge in [-0.3, -0.25) is 14.4 Å². The number of esters is 3. The summed E-state index contributed by atoms with van der Waals surface area (Å²) in [6.45, 7) is 6.59. The average molecular weight is 869 g/mol. The van der Waals surface area contributed by atoms with Crippen LogP contribution in [0.15, 0.2) is 48.6 Å². The third kappa shape index (κ3) is 48.4. The molecule has 0 radical (unpaired) electrons. The van der Waals surface area contributed by atoms with Gasteiger partial charge in [0.1, 0.15) is 13.2 Å². The predicted octanol–water partition coefficient (Wildman–Crippen LogP) is 17.5. The van der Waals surface area contributed by atoms with Gasteiger partial charge in [0.15, 0.2) is 6.10 Å². The van der Waals surface area contributed by atoms with E-state index in [0.29, 0.717) is 19.3 Å². The van der Waals surface area contributed by atoms with Crippen molar-refractivity contribution in [2.24, 2.45) is 0 Å². The number of carbonyl (C=O) groups is 3. The molecule has 360 valence electrons. The Morgan fingerprint density at radius 3 is 0.935 bits per heavy atom. The molecule has 0 aromatic rings. The van der Waals surface area contributed by atoms with E-state index in [-0.39, 0.29) is 31.1 Å². The minimum atomic E-state index is -0.781. The molecular weight excluding hydrogens is 769 g/mol. The van der Waals surface area contributed by atoms with Crippen molar-refractivity contribution in [1.29, 1.82) is 0 Å². The molecular formula is C56H100O6. The van der Waals surface area contributed by atoms with Gasteiger partial charge in [0.25, 0.3) is 0 Å². The lowest BCUT2D eigenvalue weighted by atomic mass is 10.0. The Bertz CT molecular complexity index is 1090. The maximum absolute atomic E-state index is 12.8. The number of rotatable bonds is 48. The summed E-state index contributed by atoms with van der Waals surface area (Å²) in [6.07, 6.45) is 60.9. The average Bonchev–Trinajstić information content (AvgIpc) is 3.27. The monoisotopic (exact) mass is 869 g/mol. The van der Waals surface area contributed by atoms with Crippen LogP contribution < -0.4 is 0 Å². The van der Waals surface area contributed by atoms with Gasteiger partial charge in [-0.05, 0) is 64.2 Å². The first-order valence-corrected chi connectivity index (χ1v) is 26.6. The Kier molecular flexibility index (Phi) is 48.8. The summed E-state index contributed by atoms with van der Waals surface area (Å²) < 4.78 is 16.8. The van der Waals surface area contributed by atoms with Gasteiger partial charge < -0.3 is 14.2 Å². The van der Waals surface area contributed by atoms with E-state index >= 15 is 0 Å². The molecule has 0 saturated carbocycles. The number of carbonyl (C=O) groups excluding carboxylic acids is 3. The van der Waals surface area contributed by atoms with Crippen molar-refractivity contribution in [3.63, 3.8) is 0 Å². The smallest absolute Gasteiger partial charge is 0.306 e. The van der Waals surface area contributed by atoms with Crippen LogP contribution in [0.1, 0.15) is 271 Å². The molecule has 0 heterocycles. The molecule has 1 atom stereocenters. The molecule has 0 aliphatic rings. The molecule has 6 heteroatoms. The van der Waals surface area contributed by atoms with E-state index in [9.17, 15) is 14.4 Å². The van der Waals surface area contributed by atoms with Crippen LogP contribution in [-0.2, 0) is 28.6 Å². The second-order valence-electron chi connectivity index (χ2n) is 17.8. The maximum Gasteiger partial charge on any atom is 0.306 e. The summed E-state index contributed by atoms with van der Waals surface area (Å²) in [5.41, 5.74) is 0. The second kappa shape index (κ2) is 51.0. The highest BCUT2D eigenvalue weighted by atomic mass is 16.6. The van der Waals surface area contributed by atoms with E-state index in [1.54, 1.807) is 0 Å². The molecule has 0 bridgehead atoms. The number of unbranched alkanes of at least 4 members (excludes halogenated alkanes) is 29. The summed E-state index contributed by atoms with van der Waals surface area (Å²) in [5, 5.41) is 0. The van der Waals surface area contributed by atoms with Crippen LogP contribution in [0.5, 0.6) is 0 Å². The zero-order valence-electron chi connectivity index (χ0n) is 41.1. The number of hydrogen-bond acceptors (Lipinski definition) is 6. The van der Waals surface area contributed by atoms with Crippen molar-refractivity contribution in [2.45, 2.75) is 277 Å². The molecule has 0 fully saturated rings. The lowest BCUT2D eigenvalue weighted by Crippen LogP contribution is -2.30. The van der Waals surface area contributed by atoms with Crippen LogP contribution in [0.25, 0.3) is 0 Å². The van der Waals surface area contributed by atoms with Crippen LogP contribution in [0.4, 0.5) is 0 Å². The van der Waals surface area contributed by atoms with Gasteiger partial charge in [-0.1, -0.05) is 236 Å². The quantitative estimate of drug-likeness (QED) is 0.0262. The van der Waals surface area contributed by atoms with E-state index in [2.05, 4.69) is 69.4 Å². The molecule has 6 nitrogen and oxygen atoms in total. The Hall–Kier alpha value is -2.63. The molecule has 0 amide bonds. The highest BCUT2D eigenvalue weighted by molar-refractivity contribution is 5.71. The zero-order valence-corrected chi connectivity index (χ0v) is 41.1. The summed E-state index contributed by atoms with van der Waals surface area (Å²) in [5.74, 6) is -0.903. The van der Waals surface area contributed by atoms with Crippen molar-refractivity contribution in [3.05, 3.63) is 48.6 Å². The van der Waals surface area contributed by atoms with Crippen molar-refractivity contribution in [2.75, 3.05) is 13.2 Å². The van der Waals surface area contributed by atoms with Crippen LogP contribution >= 0.6 is 0 Å². The highest BCUT2D eigenvalue weighted by Gasteiger charge is 2.19. The van der Waals surface area contributed by atoms with Crippen molar-refractivity contribution in [1.82, 2.24) is 0 Å². The Morgan fingerprint density at radius 1 is 0.323 bits per heavy atom. The van der Waals surface area contributed by atoms with E-state index in [1.165, 1.54) is 148 Å². The van der Waals surface area contributed by atoms with Crippen molar-refractivity contribution in [3.8, 4) is 0 Å². The van der Waals surface area contributed by atoms with E-state index < -0.39 is 6.10 Å². The SMILES string of the molecule is CCCCC/C=C\C/C=C\C/C=C\C/C=C\CCCCCC(=O)OC[C@@H](COC(=O)CCCCCCCCCCCC)OC(=O)CCCCCCCCCCCCCCCCC. The molecule has 0 rings (SSSR count). The Balaban J connectivity index is 4.37. The molecule has 62 heavy (non-hydrogen) atoms. The fourth-order valence-corrected chi connectivity index (χ4v) is 7.54. The molecule has 0 spiro atoms. The summed E-state index contributed by atoms with van der Waals surface area (Å²) in [6, 6.07) is 0. The third-order valence-electron chi connectivity index (χ3n) is 11.6. The first-order chi connectivity index (χ1) is 30.5. The number of allylic oxidation sites excluding steroid dienone is 8. The van der Waals surface area contributed by atoms with Crippen molar-refractivity contribution < 1.29 is 28.6 Å². The molecule has 0 unspecified atom stereocenters. The Labute approximate surface area is 384 Å². The largest absolute Gasteiger partial charge is 0.462 e. The molecule has 0 saturated heterocycles. The van der Waals surface area contributed by atoms with Crippen LogP contribution in [0, 0.1) is 0 Å². The van der Waals surface area contributed by atoms with Crippen LogP contribution in [0.3, 0.4) is 0 Å². The van der Waals surface area contributed by atoms with E-state index in [1.807, 2.05) is 0 Å². The predicted molar refractivity (Wildman–Crippen MR) is 265 cm³/mol. The number of hydrogen-bond donors (Lipinski definition) is 0. The second-order valence-corrected chi connectivity index (χ2v) is 17.8. The van der Waals surface area contributed by atoms with Crippen LogP contribution in [-0.4, -0.2) is 37.2 Å². The first-order valence-electron chi connectivity index (χ1n) is 26.6. The van der Waals surface area contributed by atoms with Gasteiger partial charge >= 0.3 is 17.9 Å². The fraction of sp³-hybridized carbons (Fsp3) is 0.804. The summed E-state index contributed by atoms with van der Waals surface area (Å²) >= 11 is 0. The Morgan fingerprint density at radius 2 is 0.581 bits per heavy atom. The molecule has 0 aromatic carbocycles. The molecule has 0 aliphatic carbocycles. The highest BCUT2D eigenvalue weighted by Crippen LogP contribution is 2.16. The minimum Gasteiger partial charge on any atom is -0.462 e. The lowest BCUT2D eigenvalue weighted by Gasteiger charge is -2.18. The molecule has 0 N–H and O–H groups in total. The van der Waals surface area contributed by atoms with Gasteiger partial charge in [0.2, 0.25) is 0 Å². The lowest BCUT2D eigenvalue weighted by molar-refractivity contribution is -0.167. The minimum absolute atomic E-state index is 0.0798. The zero-order chi connectivity index (χ0) is 45.1. The van der Waals surface area contributed by atoms with Gasteiger partial charge in [-0.2, -0.15) is 0 Å². The van der Waals surface area contributed by atoms with Crippen molar-refractivity contribution >= 4 is 17.9 Å². The third-order valence-corrected chi connectivity index (χ3v) is 11.6. The topological polar surface area (TPSA) is 78.9 Å². The molecule has 0 aliphatic heterocycles. The molecule has 0 aromatic heterocycles. The van der Waals surface area contributed by atoms with Gasteiger partial charge in [-0.15, -0.1) is 0 Å². The maximum atomic E-state index is 12.8. The van der Waals surface area contributed by atoms with Crippen LogP contribution in [0.2, 0.25) is 0 Å². The first kappa shape index (κ1) is 59.4. The van der Waals surface area contributed by atoms with E-state index in [4.69, 9.17) is 14.2 Å². The van der Waals surface area contributed by atoms with E-state index in [0.717, 1.165) is 83.5 Å². The fourth-order valence-electron chi connectivity index (χ4n) is 7.54. The van der Waals surface area contributed by atoms with Gasteiger partial charge in [0.05, 0.1) is 0 Å². The van der Waals surface area contributed by atoms with Gasteiger partial charge in [-0.25, -0.2) is 0 Å². The summed E-state index contributed by atoms with van der Waals surface area (Å²) in [4.78, 5) is 37.9. The number of ether oxygens (including phenoxy) is 3. The standard InChI is InChI=1S/C56H100O6/c1-4-7-10-13-16-19-22-24-26-27-28-29-31-32-34-37-40-43-46-49-55(58)61-52-53(51-60-54(57)48-45-42-39-36-21-18-15-12-9-6-3)62-56(59)50-47-44-41-38-35-33-30-25-23-20-17-14-11-8-5-2/h16,19,24,26,28-29,32,34,53H,4-15,17-18,20-23,25,27,30-31,33,35-52H2,1-3H3/b19-16-,26-24-,29-28-,34-32-/t53-/m1/s1. The normalized spacial score (nSPS) is 12.4.